The van der Waals surface area contributed by atoms with Gasteiger partial charge in [-0.1, -0.05) is 123 Å². The number of rotatable bonds is 7. The summed E-state index contributed by atoms with van der Waals surface area (Å²) in [5, 5.41) is 0. The van der Waals surface area contributed by atoms with Crippen molar-refractivity contribution in [1.29, 1.82) is 0 Å². The van der Waals surface area contributed by atoms with Crippen molar-refractivity contribution in [2.24, 2.45) is 0 Å². The second-order valence-corrected chi connectivity index (χ2v) is 12.7. The Kier molecular flexibility index (Phi) is 7.19. The van der Waals surface area contributed by atoms with E-state index in [0.29, 0.717) is 0 Å². The molecule has 47 heavy (non-hydrogen) atoms. The summed E-state index contributed by atoms with van der Waals surface area (Å²) in [7, 11) is 0. The van der Waals surface area contributed by atoms with Crippen molar-refractivity contribution >= 4 is 34.1 Å². The minimum absolute atomic E-state index is 0.0154. The third kappa shape index (κ3) is 5.18. The van der Waals surface area contributed by atoms with Crippen LogP contribution in [0.3, 0.4) is 0 Å². The Hall–Kier alpha value is -5.86. The second kappa shape index (κ2) is 11.8. The van der Waals surface area contributed by atoms with Crippen molar-refractivity contribution < 1.29 is 0 Å². The fourth-order valence-corrected chi connectivity index (χ4v) is 7.08. The maximum absolute atomic E-state index is 2.37. The summed E-state index contributed by atoms with van der Waals surface area (Å²) >= 11 is 0. The van der Waals surface area contributed by atoms with Crippen molar-refractivity contribution in [3.63, 3.8) is 0 Å². The highest BCUT2D eigenvalue weighted by molar-refractivity contribution is 5.87. The highest BCUT2D eigenvalue weighted by Crippen LogP contribution is 2.50. The van der Waals surface area contributed by atoms with Crippen molar-refractivity contribution in [2.45, 2.75) is 19.3 Å². The van der Waals surface area contributed by atoms with Crippen LogP contribution in [-0.4, -0.2) is 0 Å². The van der Waals surface area contributed by atoms with Crippen LogP contribution in [0.15, 0.2) is 182 Å². The van der Waals surface area contributed by atoms with Gasteiger partial charge in [0.1, 0.15) is 0 Å². The van der Waals surface area contributed by atoms with E-state index < -0.39 is 0 Å². The van der Waals surface area contributed by atoms with Crippen LogP contribution in [0.4, 0.5) is 34.1 Å². The maximum atomic E-state index is 2.37. The number of hydrogen-bond acceptors (Lipinski definition) is 2. The normalized spacial score (nSPS) is 12.6. The smallest absolute Gasteiger partial charge is 0.0468 e. The highest BCUT2D eigenvalue weighted by Gasteiger charge is 2.35. The van der Waals surface area contributed by atoms with Crippen LogP contribution in [-0.2, 0) is 5.41 Å². The lowest BCUT2D eigenvalue weighted by molar-refractivity contribution is 0.660. The van der Waals surface area contributed by atoms with Gasteiger partial charge in [0.05, 0.1) is 0 Å². The minimum Gasteiger partial charge on any atom is -0.311 e. The quantitative estimate of drug-likeness (QED) is 0.179. The first kappa shape index (κ1) is 28.6. The molecule has 0 saturated heterocycles. The fourth-order valence-electron chi connectivity index (χ4n) is 7.08. The fraction of sp³-hybridized carbons (Fsp3) is 0.0667. The molecule has 0 aromatic heterocycles. The van der Waals surface area contributed by atoms with E-state index in [-0.39, 0.29) is 5.41 Å². The molecule has 1 aliphatic rings. The van der Waals surface area contributed by atoms with E-state index in [1.54, 1.807) is 0 Å². The molecule has 2 nitrogen and oxygen atoms in total. The molecule has 0 unspecified atom stereocenters. The summed E-state index contributed by atoms with van der Waals surface area (Å²) in [6, 6.07) is 65.3. The van der Waals surface area contributed by atoms with Crippen LogP contribution >= 0.6 is 0 Å². The van der Waals surface area contributed by atoms with Gasteiger partial charge in [-0.2, -0.15) is 0 Å². The van der Waals surface area contributed by atoms with Crippen LogP contribution in [0.5, 0.6) is 0 Å². The molecule has 0 fully saturated rings. The van der Waals surface area contributed by atoms with Crippen molar-refractivity contribution in [3.05, 3.63) is 193 Å². The Labute approximate surface area is 277 Å². The van der Waals surface area contributed by atoms with E-state index in [1.165, 1.54) is 33.4 Å². The summed E-state index contributed by atoms with van der Waals surface area (Å²) in [6.45, 7) is 4.66. The molecule has 226 valence electrons. The van der Waals surface area contributed by atoms with E-state index in [4.69, 9.17) is 0 Å². The number of benzene rings is 7. The summed E-state index contributed by atoms with van der Waals surface area (Å²) in [6.07, 6.45) is 0. The predicted octanol–water partition coefficient (Wildman–Crippen LogP) is 12.6. The van der Waals surface area contributed by atoms with E-state index in [0.717, 1.165) is 34.1 Å². The molecule has 0 saturated carbocycles. The van der Waals surface area contributed by atoms with Crippen molar-refractivity contribution in [1.82, 2.24) is 0 Å². The van der Waals surface area contributed by atoms with Crippen LogP contribution in [0.2, 0.25) is 0 Å². The zero-order valence-electron chi connectivity index (χ0n) is 26.7. The molecule has 0 heterocycles. The molecule has 2 heteroatoms. The van der Waals surface area contributed by atoms with E-state index in [1.807, 2.05) is 0 Å². The van der Waals surface area contributed by atoms with Gasteiger partial charge in [-0.25, -0.2) is 0 Å². The largest absolute Gasteiger partial charge is 0.311 e. The molecule has 1 aliphatic carbocycles. The van der Waals surface area contributed by atoms with Gasteiger partial charge in [0.2, 0.25) is 0 Å². The third-order valence-corrected chi connectivity index (χ3v) is 9.45. The van der Waals surface area contributed by atoms with Crippen LogP contribution in [0, 0.1) is 0 Å². The Morgan fingerprint density at radius 3 is 1.17 bits per heavy atom. The number of fused-ring (bicyclic) bond motifs is 3. The molecule has 0 bridgehead atoms. The Morgan fingerprint density at radius 1 is 0.319 bits per heavy atom. The molecule has 0 radical (unpaired) electrons. The van der Waals surface area contributed by atoms with E-state index in [2.05, 4.69) is 206 Å². The number of anilines is 6. The van der Waals surface area contributed by atoms with Gasteiger partial charge in [-0.3, -0.25) is 0 Å². The summed E-state index contributed by atoms with van der Waals surface area (Å²) in [4.78, 5) is 4.65. The standard InChI is InChI=1S/C45H36N2/c1-45(2)43-21-13-12-20-41(43)42-32-40(30-31-44(42)45)47(37-18-10-5-11-19-37)39-28-24-34(25-29-39)33-22-26-38(27-23-33)46(35-14-6-3-7-15-35)36-16-8-4-9-17-36/h3-32H,1-2H3. The Bertz CT molecular complexity index is 2090. The zero-order valence-corrected chi connectivity index (χ0v) is 26.7. The van der Waals surface area contributed by atoms with Gasteiger partial charge in [0.25, 0.3) is 0 Å². The molecule has 0 amide bonds. The highest BCUT2D eigenvalue weighted by atomic mass is 15.1. The molecule has 0 aliphatic heterocycles. The summed E-state index contributed by atoms with van der Waals surface area (Å²) < 4.78 is 0. The molecule has 0 atom stereocenters. The number of para-hydroxylation sites is 3. The second-order valence-electron chi connectivity index (χ2n) is 12.7. The molecule has 8 rings (SSSR count). The average Bonchev–Trinajstić information content (AvgIpc) is 3.36. The Morgan fingerprint density at radius 2 is 0.681 bits per heavy atom. The number of hydrogen-bond donors (Lipinski definition) is 0. The molecular weight excluding hydrogens is 569 g/mol. The van der Waals surface area contributed by atoms with E-state index >= 15 is 0 Å². The van der Waals surface area contributed by atoms with Gasteiger partial charge < -0.3 is 9.80 Å². The third-order valence-electron chi connectivity index (χ3n) is 9.45. The monoisotopic (exact) mass is 604 g/mol. The lowest BCUT2D eigenvalue weighted by atomic mass is 9.82. The van der Waals surface area contributed by atoms with Gasteiger partial charge in [0.15, 0.2) is 0 Å². The first-order valence-electron chi connectivity index (χ1n) is 16.3. The van der Waals surface area contributed by atoms with Gasteiger partial charge in [-0.05, 0) is 106 Å². The lowest BCUT2D eigenvalue weighted by Crippen LogP contribution is -2.15. The van der Waals surface area contributed by atoms with Gasteiger partial charge in [-0.15, -0.1) is 0 Å². The average molecular weight is 605 g/mol. The predicted molar refractivity (Wildman–Crippen MR) is 199 cm³/mol. The van der Waals surface area contributed by atoms with Crippen molar-refractivity contribution in [2.75, 3.05) is 9.80 Å². The minimum atomic E-state index is -0.0154. The molecule has 7 aromatic rings. The summed E-state index contributed by atoms with van der Waals surface area (Å²) in [5.41, 5.74) is 14.6. The SMILES string of the molecule is CC1(C)c2ccccc2-c2cc(N(c3ccccc3)c3ccc(-c4ccc(N(c5ccccc5)c5ccccc5)cc4)cc3)ccc21. The van der Waals surface area contributed by atoms with Gasteiger partial charge in [0, 0.05) is 39.5 Å². The summed E-state index contributed by atoms with van der Waals surface area (Å²) in [5.74, 6) is 0. The first-order valence-corrected chi connectivity index (χ1v) is 16.3. The number of nitrogens with zero attached hydrogens (tertiary/aromatic N) is 2. The van der Waals surface area contributed by atoms with Crippen LogP contribution in [0.25, 0.3) is 22.3 Å². The van der Waals surface area contributed by atoms with Crippen LogP contribution in [0.1, 0.15) is 25.0 Å². The molecule has 0 spiro atoms. The zero-order chi connectivity index (χ0) is 31.8. The maximum Gasteiger partial charge on any atom is 0.0468 e. The topological polar surface area (TPSA) is 6.48 Å². The molecule has 7 aromatic carbocycles. The lowest BCUT2D eigenvalue weighted by Gasteiger charge is -2.27. The van der Waals surface area contributed by atoms with Crippen molar-refractivity contribution in [3.8, 4) is 22.3 Å². The Balaban J connectivity index is 1.14. The van der Waals surface area contributed by atoms with Gasteiger partial charge >= 0.3 is 0 Å². The first-order chi connectivity index (χ1) is 23.1. The molecule has 0 N–H and O–H groups in total. The molecular formula is C45H36N2. The van der Waals surface area contributed by atoms with Crippen LogP contribution < -0.4 is 9.80 Å². The van der Waals surface area contributed by atoms with E-state index in [9.17, 15) is 0 Å².